The topological polar surface area (TPSA) is 49.8 Å². The first-order chi connectivity index (χ1) is 8.28. The Balaban J connectivity index is 2.12. The molecule has 0 fully saturated rings. The molecular weight excluding hydrogens is 212 g/mol. The van der Waals surface area contributed by atoms with Crippen molar-refractivity contribution in [1.29, 1.82) is 0 Å². The minimum Gasteiger partial charge on any atom is -0.370 e. The van der Waals surface area contributed by atoms with E-state index in [0.29, 0.717) is 0 Å². The van der Waals surface area contributed by atoms with Gasteiger partial charge in [-0.3, -0.25) is 0 Å². The van der Waals surface area contributed by atoms with Crippen LogP contribution in [0.3, 0.4) is 0 Å². The van der Waals surface area contributed by atoms with Gasteiger partial charge >= 0.3 is 0 Å². The van der Waals surface area contributed by atoms with Crippen LogP contribution < -0.4 is 10.6 Å². The summed E-state index contributed by atoms with van der Waals surface area (Å²) in [4.78, 5) is 8.30. The SMILES string of the molecule is CCNc1cc(Nc2ccc(C)cc2)ncn1. The fraction of sp³-hybridized carbons (Fsp3) is 0.231. The first-order valence-corrected chi connectivity index (χ1v) is 5.67. The van der Waals surface area contributed by atoms with Crippen molar-refractivity contribution in [2.75, 3.05) is 17.2 Å². The Labute approximate surface area is 101 Å². The van der Waals surface area contributed by atoms with Crippen molar-refractivity contribution in [1.82, 2.24) is 9.97 Å². The van der Waals surface area contributed by atoms with Crippen molar-refractivity contribution in [3.05, 3.63) is 42.2 Å². The van der Waals surface area contributed by atoms with E-state index in [0.717, 1.165) is 23.9 Å². The summed E-state index contributed by atoms with van der Waals surface area (Å²) in [6, 6.07) is 10.1. The van der Waals surface area contributed by atoms with Gasteiger partial charge < -0.3 is 10.6 Å². The molecular formula is C13H16N4. The standard InChI is InChI=1S/C13H16N4/c1-3-14-12-8-13(16-9-15-12)17-11-6-4-10(2)5-7-11/h4-9H,3H2,1-2H3,(H2,14,15,16,17). The van der Waals surface area contributed by atoms with Gasteiger partial charge in [0.25, 0.3) is 0 Å². The van der Waals surface area contributed by atoms with Crippen LogP contribution in [-0.4, -0.2) is 16.5 Å². The van der Waals surface area contributed by atoms with E-state index >= 15 is 0 Å². The van der Waals surface area contributed by atoms with Crippen LogP contribution in [0, 0.1) is 6.92 Å². The van der Waals surface area contributed by atoms with Gasteiger partial charge in [0.1, 0.15) is 18.0 Å². The molecule has 1 heterocycles. The molecule has 2 aromatic rings. The second-order valence-electron chi connectivity index (χ2n) is 3.81. The maximum Gasteiger partial charge on any atom is 0.135 e. The van der Waals surface area contributed by atoms with Crippen molar-refractivity contribution < 1.29 is 0 Å². The zero-order valence-corrected chi connectivity index (χ0v) is 10.1. The first-order valence-electron chi connectivity index (χ1n) is 5.67. The third-order valence-electron chi connectivity index (χ3n) is 2.35. The average Bonchev–Trinajstić information content (AvgIpc) is 2.33. The Hall–Kier alpha value is -2.10. The normalized spacial score (nSPS) is 10.0. The number of hydrogen-bond donors (Lipinski definition) is 2. The highest BCUT2D eigenvalue weighted by Gasteiger charge is 1.98. The molecule has 1 aromatic heterocycles. The maximum absolute atomic E-state index is 4.18. The summed E-state index contributed by atoms with van der Waals surface area (Å²) >= 11 is 0. The molecule has 17 heavy (non-hydrogen) atoms. The van der Waals surface area contributed by atoms with E-state index in [1.165, 1.54) is 5.56 Å². The van der Waals surface area contributed by atoms with Gasteiger partial charge in [-0.15, -0.1) is 0 Å². The number of hydrogen-bond acceptors (Lipinski definition) is 4. The molecule has 0 bridgehead atoms. The highest BCUT2D eigenvalue weighted by atomic mass is 15.1. The Kier molecular flexibility index (Phi) is 3.55. The van der Waals surface area contributed by atoms with Crippen LogP contribution in [0.2, 0.25) is 0 Å². The quantitative estimate of drug-likeness (QED) is 0.844. The van der Waals surface area contributed by atoms with Crippen molar-refractivity contribution in [2.45, 2.75) is 13.8 Å². The molecule has 0 radical (unpaired) electrons. The summed E-state index contributed by atoms with van der Waals surface area (Å²) in [6.07, 6.45) is 1.55. The van der Waals surface area contributed by atoms with Crippen LogP contribution in [-0.2, 0) is 0 Å². The first kappa shape index (κ1) is 11.4. The average molecular weight is 228 g/mol. The molecule has 1 aromatic carbocycles. The second-order valence-corrected chi connectivity index (χ2v) is 3.81. The summed E-state index contributed by atoms with van der Waals surface area (Å²) in [7, 11) is 0. The lowest BCUT2D eigenvalue weighted by Gasteiger charge is -2.07. The van der Waals surface area contributed by atoms with Gasteiger partial charge in [0.05, 0.1) is 0 Å². The highest BCUT2D eigenvalue weighted by molar-refractivity contribution is 5.58. The van der Waals surface area contributed by atoms with E-state index in [1.54, 1.807) is 6.33 Å². The summed E-state index contributed by atoms with van der Waals surface area (Å²) in [5.41, 5.74) is 2.27. The minimum atomic E-state index is 0.791. The molecule has 4 heteroatoms. The number of aryl methyl sites for hydroxylation is 1. The molecule has 0 aliphatic heterocycles. The molecule has 0 aliphatic carbocycles. The van der Waals surface area contributed by atoms with Gasteiger partial charge in [-0.05, 0) is 26.0 Å². The van der Waals surface area contributed by atoms with Gasteiger partial charge in [0, 0.05) is 18.3 Å². The van der Waals surface area contributed by atoms with Crippen LogP contribution in [0.4, 0.5) is 17.3 Å². The van der Waals surface area contributed by atoms with Gasteiger partial charge in [-0.1, -0.05) is 17.7 Å². The molecule has 0 unspecified atom stereocenters. The molecule has 0 saturated heterocycles. The maximum atomic E-state index is 4.18. The van der Waals surface area contributed by atoms with E-state index in [1.807, 2.05) is 25.1 Å². The van der Waals surface area contributed by atoms with E-state index in [4.69, 9.17) is 0 Å². The predicted octanol–water partition coefficient (Wildman–Crippen LogP) is 2.96. The van der Waals surface area contributed by atoms with Crippen LogP contribution >= 0.6 is 0 Å². The van der Waals surface area contributed by atoms with Gasteiger partial charge in [-0.2, -0.15) is 0 Å². The molecule has 0 atom stereocenters. The van der Waals surface area contributed by atoms with E-state index in [9.17, 15) is 0 Å². The van der Waals surface area contributed by atoms with E-state index in [2.05, 4.69) is 39.7 Å². The predicted molar refractivity (Wildman–Crippen MR) is 70.7 cm³/mol. The summed E-state index contributed by atoms with van der Waals surface area (Å²) < 4.78 is 0. The lowest BCUT2D eigenvalue weighted by atomic mass is 10.2. The number of rotatable bonds is 4. The van der Waals surface area contributed by atoms with Crippen LogP contribution in [0.5, 0.6) is 0 Å². The van der Waals surface area contributed by atoms with Crippen molar-refractivity contribution in [3.8, 4) is 0 Å². The second kappa shape index (κ2) is 5.30. The molecule has 2 N–H and O–H groups in total. The molecule has 4 nitrogen and oxygen atoms in total. The molecule has 0 amide bonds. The van der Waals surface area contributed by atoms with Gasteiger partial charge in [-0.25, -0.2) is 9.97 Å². The van der Waals surface area contributed by atoms with Crippen LogP contribution in [0.15, 0.2) is 36.7 Å². The number of anilines is 3. The van der Waals surface area contributed by atoms with Gasteiger partial charge in [0.15, 0.2) is 0 Å². The Bertz CT molecular complexity index is 479. The van der Waals surface area contributed by atoms with Gasteiger partial charge in [0.2, 0.25) is 0 Å². The van der Waals surface area contributed by atoms with Crippen molar-refractivity contribution in [3.63, 3.8) is 0 Å². The fourth-order valence-corrected chi connectivity index (χ4v) is 1.49. The summed E-state index contributed by atoms with van der Waals surface area (Å²) in [5.74, 6) is 1.62. The molecule has 0 spiro atoms. The van der Waals surface area contributed by atoms with Crippen LogP contribution in [0.25, 0.3) is 0 Å². The Morgan fingerprint density at radius 2 is 1.76 bits per heavy atom. The molecule has 2 rings (SSSR count). The number of nitrogens with one attached hydrogen (secondary N) is 2. The minimum absolute atomic E-state index is 0.791. The largest absolute Gasteiger partial charge is 0.370 e. The molecule has 0 aliphatic rings. The zero-order chi connectivity index (χ0) is 12.1. The highest BCUT2D eigenvalue weighted by Crippen LogP contribution is 2.16. The van der Waals surface area contributed by atoms with Crippen molar-refractivity contribution in [2.24, 2.45) is 0 Å². The Morgan fingerprint density at radius 3 is 2.47 bits per heavy atom. The number of nitrogens with zero attached hydrogens (tertiary/aromatic N) is 2. The van der Waals surface area contributed by atoms with Crippen molar-refractivity contribution >= 4 is 17.3 Å². The monoisotopic (exact) mass is 228 g/mol. The number of benzene rings is 1. The smallest absolute Gasteiger partial charge is 0.135 e. The summed E-state index contributed by atoms with van der Waals surface area (Å²) in [6.45, 7) is 4.95. The Morgan fingerprint density at radius 1 is 1.06 bits per heavy atom. The fourth-order valence-electron chi connectivity index (χ4n) is 1.49. The zero-order valence-electron chi connectivity index (χ0n) is 10.1. The lowest BCUT2D eigenvalue weighted by molar-refractivity contribution is 1.11. The molecule has 88 valence electrons. The van der Waals surface area contributed by atoms with E-state index < -0.39 is 0 Å². The number of aromatic nitrogens is 2. The lowest BCUT2D eigenvalue weighted by Crippen LogP contribution is -2.01. The van der Waals surface area contributed by atoms with E-state index in [-0.39, 0.29) is 0 Å². The summed E-state index contributed by atoms with van der Waals surface area (Å²) in [5, 5.41) is 6.39. The molecule has 0 saturated carbocycles. The third-order valence-corrected chi connectivity index (χ3v) is 2.35. The van der Waals surface area contributed by atoms with Crippen LogP contribution in [0.1, 0.15) is 12.5 Å². The third kappa shape index (κ3) is 3.17.